The summed E-state index contributed by atoms with van der Waals surface area (Å²) >= 11 is 0. The topological polar surface area (TPSA) is 96.0 Å². The van der Waals surface area contributed by atoms with Gasteiger partial charge in [0.2, 0.25) is 15.9 Å². The smallest absolute Gasteiger partial charge is 0.310 e. The highest BCUT2D eigenvalue weighted by Gasteiger charge is 2.28. The van der Waals surface area contributed by atoms with E-state index in [2.05, 4.69) is 5.32 Å². The summed E-state index contributed by atoms with van der Waals surface area (Å²) in [5.74, 6) is -0.600. The number of sulfonamides is 1. The Balaban J connectivity index is 1.93. The number of benzene rings is 1. The molecule has 1 fully saturated rings. The Morgan fingerprint density at radius 1 is 1.17 bits per heavy atom. The molecule has 0 saturated carbocycles. The molecule has 1 aromatic carbocycles. The van der Waals surface area contributed by atoms with E-state index in [9.17, 15) is 18.0 Å². The third-order valence-electron chi connectivity index (χ3n) is 4.97. The van der Waals surface area contributed by atoms with Gasteiger partial charge in [0.15, 0.2) is 0 Å². The number of anilines is 1. The molecule has 162 valence electrons. The van der Waals surface area contributed by atoms with Crippen molar-refractivity contribution in [1.82, 2.24) is 9.21 Å². The number of carbonyl (C=O) groups is 2. The summed E-state index contributed by atoms with van der Waals surface area (Å²) < 4.78 is 31.5. The van der Waals surface area contributed by atoms with Gasteiger partial charge in [-0.25, -0.2) is 8.42 Å². The SMILES string of the molecule is CCOC(=O)C1CCCN(CC(=O)Nc2ccc(S(=O)(=O)N(CC)CC)cc2)C1. The van der Waals surface area contributed by atoms with Crippen molar-refractivity contribution in [1.29, 1.82) is 0 Å². The summed E-state index contributed by atoms with van der Waals surface area (Å²) in [6.07, 6.45) is 1.62. The molecule has 1 heterocycles. The van der Waals surface area contributed by atoms with Crippen molar-refractivity contribution in [2.75, 3.05) is 44.6 Å². The monoisotopic (exact) mass is 425 g/mol. The Hall–Kier alpha value is -1.97. The molecule has 1 amide bonds. The maximum Gasteiger partial charge on any atom is 0.310 e. The van der Waals surface area contributed by atoms with Crippen LogP contribution in [0.5, 0.6) is 0 Å². The minimum atomic E-state index is -3.52. The van der Waals surface area contributed by atoms with Crippen molar-refractivity contribution in [2.45, 2.75) is 38.5 Å². The normalized spacial score (nSPS) is 17.9. The highest BCUT2D eigenvalue weighted by Crippen LogP contribution is 2.20. The van der Waals surface area contributed by atoms with Gasteiger partial charge in [0, 0.05) is 25.3 Å². The molecule has 0 bridgehead atoms. The fourth-order valence-corrected chi connectivity index (χ4v) is 4.94. The van der Waals surface area contributed by atoms with Gasteiger partial charge < -0.3 is 10.1 Å². The number of nitrogens with zero attached hydrogens (tertiary/aromatic N) is 2. The largest absolute Gasteiger partial charge is 0.466 e. The van der Waals surface area contributed by atoms with Crippen molar-refractivity contribution in [3.8, 4) is 0 Å². The van der Waals surface area contributed by atoms with E-state index in [0.717, 1.165) is 19.4 Å². The Bertz CT molecular complexity index is 791. The lowest BCUT2D eigenvalue weighted by Crippen LogP contribution is -2.43. The molecule has 0 aliphatic carbocycles. The predicted octanol–water partition coefficient (Wildman–Crippen LogP) is 1.93. The van der Waals surface area contributed by atoms with E-state index in [-0.39, 0.29) is 29.2 Å². The van der Waals surface area contributed by atoms with Gasteiger partial charge in [-0.2, -0.15) is 4.31 Å². The zero-order valence-electron chi connectivity index (χ0n) is 17.4. The number of hydrogen-bond donors (Lipinski definition) is 1. The summed E-state index contributed by atoms with van der Waals surface area (Å²) in [6, 6.07) is 6.18. The fraction of sp³-hybridized carbons (Fsp3) is 0.600. The van der Waals surface area contributed by atoms with Gasteiger partial charge >= 0.3 is 5.97 Å². The van der Waals surface area contributed by atoms with E-state index in [1.807, 2.05) is 4.90 Å². The third-order valence-corrected chi connectivity index (χ3v) is 7.04. The average molecular weight is 426 g/mol. The number of esters is 1. The third kappa shape index (κ3) is 6.25. The van der Waals surface area contributed by atoms with E-state index in [4.69, 9.17) is 4.74 Å². The highest BCUT2D eigenvalue weighted by molar-refractivity contribution is 7.89. The van der Waals surface area contributed by atoms with Crippen LogP contribution in [-0.4, -0.2) is 68.8 Å². The first-order valence-electron chi connectivity index (χ1n) is 10.1. The molecule has 0 aromatic heterocycles. The molecule has 1 atom stereocenters. The van der Waals surface area contributed by atoms with Crippen LogP contribution in [0.1, 0.15) is 33.6 Å². The lowest BCUT2D eigenvalue weighted by atomic mass is 9.98. The summed E-state index contributed by atoms with van der Waals surface area (Å²) in [4.78, 5) is 26.4. The van der Waals surface area contributed by atoms with E-state index < -0.39 is 10.0 Å². The van der Waals surface area contributed by atoms with E-state index >= 15 is 0 Å². The van der Waals surface area contributed by atoms with E-state index in [1.165, 1.54) is 16.4 Å². The first kappa shape index (κ1) is 23.3. The van der Waals surface area contributed by atoms with Crippen molar-refractivity contribution in [3.05, 3.63) is 24.3 Å². The van der Waals surface area contributed by atoms with Gasteiger partial charge in [0.05, 0.1) is 24.0 Å². The van der Waals surface area contributed by atoms with Crippen molar-refractivity contribution in [2.24, 2.45) is 5.92 Å². The molecule has 1 N–H and O–H groups in total. The summed E-state index contributed by atoms with van der Waals surface area (Å²) in [6.45, 7) is 7.97. The number of nitrogens with one attached hydrogen (secondary N) is 1. The van der Waals surface area contributed by atoms with Crippen LogP contribution < -0.4 is 5.32 Å². The van der Waals surface area contributed by atoms with Gasteiger partial charge in [-0.15, -0.1) is 0 Å². The quantitative estimate of drug-likeness (QED) is 0.608. The Labute approximate surface area is 173 Å². The first-order valence-corrected chi connectivity index (χ1v) is 11.5. The molecule has 0 spiro atoms. The second-order valence-electron chi connectivity index (χ2n) is 6.99. The Kier molecular flexibility index (Phi) is 8.60. The molecule has 2 rings (SSSR count). The lowest BCUT2D eigenvalue weighted by Gasteiger charge is -2.30. The van der Waals surface area contributed by atoms with Gasteiger partial charge in [0.1, 0.15) is 0 Å². The van der Waals surface area contributed by atoms with E-state index in [0.29, 0.717) is 31.9 Å². The predicted molar refractivity (Wildman–Crippen MR) is 111 cm³/mol. The van der Waals surface area contributed by atoms with Crippen LogP contribution >= 0.6 is 0 Å². The van der Waals surface area contributed by atoms with Crippen LogP contribution in [0.15, 0.2) is 29.2 Å². The van der Waals surface area contributed by atoms with Crippen molar-refractivity contribution in [3.63, 3.8) is 0 Å². The van der Waals surface area contributed by atoms with Crippen molar-refractivity contribution < 1.29 is 22.7 Å². The second kappa shape index (κ2) is 10.7. The highest BCUT2D eigenvalue weighted by atomic mass is 32.2. The summed E-state index contributed by atoms with van der Waals surface area (Å²) in [5, 5.41) is 2.79. The molecule has 1 aromatic rings. The number of likely N-dealkylation sites (tertiary alicyclic amines) is 1. The molecule has 29 heavy (non-hydrogen) atoms. The van der Waals surface area contributed by atoms with Crippen LogP contribution in [0.2, 0.25) is 0 Å². The minimum absolute atomic E-state index is 0.176. The van der Waals surface area contributed by atoms with Crippen LogP contribution in [-0.2, 0) is 24.3 Å². The second-order valence-corrected chi connectivity index (χ2v) is 8.93. The summed E-state index contributed by atoms with van der Waals surface area (Å²) in [5.41, 5.74) is 0.535. The van der Waals surface area contributed by atoms with E-state index in [1.54, 1.807) is 32.9 Å². The molecule has 1 aliphatic rings. The van der Waals surface area contributed by atoms with Crippen LogP contribution in [0.4, 0.5) is 5.69 Å². The molecule has 1 aliphatic heterocycles. The number of piperidine rings is 1. The Morgan fingerprint density at radius 3 is 2.41 bits per heavy atom. The van der Waals surface area contributed by atoms with Gasteiger partial charge in [0.25, 0.3) is 0 Å². The molecule has 0 radical (unpaired) electrons. The fourth-order valence-electron chi connectivity index (χ4n) is 3.48. The van der Waals surface area contributed by atoms with Gasteiger partial charge in [-0.1, -0.05) is 13.8 Å². The first-order chi connectivity index (χ1) is 13.8. The van der Waals surface area contributed by atoms with Crippen molar-refractivity contribution >= 4 is 27.6 Å². The van der Waals surface area contributed by atoms with Crippen LogP contribution in [0, 0.1) is 5.92 Å². The maximum atomic E-state index is 12.5. The number of carbonyl (C=O) groups excluding carboxylic acids is 2. The zero-order valence-corrected chi connectivity index (χ0v) is 18.2. The number of ether oxygens (including phenoxy) is 1. The zero-order chi connectivity index (χ0) is 21.4. The number of rotatable bonds is 9. The standard InChI is InChI=1S/C20H31N3O5S/c1-4-23(5-2)29(26,27)18-11-9-17(10-12-18)21-19(24)15-22-13-7-8-16(14-22)20(25)28-6-3/h9-12,16H,4-8,13-15H2,1-3H3,(H,21,24). The number of amides is 1. The minimum Gasteiger partial charge on any atom is -0.466 e. The van der Waals surface area contributed by atoms with Gasteiger partial charge in [-0.3, -0.25) is 14.5 Å². The Morgan fingerprint density at radius 2 is 1.83 bits per heavy atom. The average Bonchev–Trinajstić information content (AvgIpc) is 2.69. The molecule has 1 unspecified atom stereocenters. The van der Waals surface area contributed by atoms with Gasteiger partial charge in [-0.05, 0) is 50.6 Å². The molecule has 9 heteroatoms. The number of hydrogen-bond acceptors (Lipinski definition) is 6. The molecular weight excluding hydrogens is 394 g/mol. The molecule has 1 saturated heterocycles. The van der Waals surface area contributed by atoms with Crippen LogP contribution in [0.3, 0.4) is 0 Å². The van der Waals surface area contributed by atoms with Crippen LogP contribution in [0.25, 0.3) is 0 Å². The maximum absolute atomic E-state index is 12.5. The summed E-state index contributed by atoms with van der Waals surface area (Å²) in [7, 11) is -3.52. The lowest BCUT2D eigenvalue weighted by molar-refractivity contribution is -0.150. The molecule has 8 nitrogen and oxygen atoms in total. The molecular formula is C20H31N3O5S.